The summed E-state index contributed by atoms with van der Waals surface area (Å²) in [6.07, 6.45) is 1.17. The Labute approximate surface area is 107 Å². The van der Waals surface area contributed by atoms with Crippen LogP contribution in [0, 0.1) is 5.82 Å². The highest BCUT2D eigenvalue weighted by atomic mass is 35.5. The summed E-state index contributed by atoms with van der Waals surface area (Å²) in [7, 11) is -4.14. The monoisotopic (exact) mass is 288 g/mol. The van der Waals surface area contributed by atoms with E-state index >= 15 is 0 Å². The van der Waals surface area contributed by atoms with Gasteiger partial charge in [-0.1, -0.05) is 11.6 Å². The van der Waals surface area contributed by atoms with E-state index in [0.717, 1.165) is 6.07 Å². The van der Waals surface area contributed by atoms with E-state index in [1.54, 1.807) is 0 Å². The Kier molecular flexibility index (Phi) is 3.39. The molecule has 0 unspecified atom stereocenters. The molecule has 94 valence electrons. The molecule has 2 heterocycles. The molecule has 0 bridgehead atoms. The Hall–Kier alpha value is -1.80. The van der Waals surface area contributed by atoms with Gasteiger partial charge in [0, 0.05) is 6.20 Å². The number of hydrogen-bond donors (Lipinski definition) is 1. The van der Waals surface area contributed by atoms with Crippen molar-refractivity contribution in [3.8, 4) is 0 Å². The Balaban J connectivity index is 2.33. The fraction of sp³-hybridized carbons (Fsp3) is 0. The maximum Gasteiger partial charge on any atom is 0.283 e. The van der Waals surface area contributed by atoms with E-state index in [0.29, 0.717) is 0 Å². The van der Waals surface area contributed by atoms with E-state index in [2.05, 4.69) is 15.2 Å². The Morgan fingerprint density at radius 3 is 2.61 bits per heavy atom. The molecule has 6 nitrogen and oxygen atoms in total. The van der Waals surface area contributed by atoms with Crippen LogP contribution in [-0.2, 0) is 10.0 Å². The molecule has 0 aliphatic rings. The van der Waals surface area contributed by atoms with Crippen molar-refractivity contribution >= 4 is 27.4 Å². The van der Waals surface area contributed by atoms with Crippen molar-refractivity contribution in [1.29, 1.82) is 0 Å². The lowest BCUT2D eigenvalue weighted by molar-refractivity contribution is 0.556. The molecular formula is C9H6ClFN4O2S. The minimum absolute atomic E-state index is 0.0792. The minimum Gasteiger partial charge on any atom is -0.260 e. The molecule has 0 fully saturated rings. The molecule has 1 N–H and O–H groups in total. The number of nitrogens with zero attached hydrogens (tertiary/aromatic N) is 3. The molecule has 0 saturated carbocycles. The molecular weight excluding hydrogens is 283 g/mol. The van der Waals surface area contributed by atoms with Crippen LogP contribution in [0.15, 0.2) is 35.5 Å². The van der Waals surface area contributed by atoms with E-state index in [4.69, 9.17) is 11.6 Å². The number of nitrogens with one attached hydrogen (secondary N) is 1. The second-order valence-electron chi connectivity index (χ2n) is 3.14. The number of rotatable bonds is 3. The van der Waals surface area contributed by atoms with E-state index in [1.807, 2.05) is 4.72 Å². The fourth-order valence-corrected chi connectivity index (χ4v) is 2.23. The van der Waals surface area contributed by atoms with Gasteiger partial charge in [0.05, 0.1) is 0 Å². The zero-order valence-corrected chi connectivity index (χ0v) is 10.3. The van der Waals surface area contributed by atoms with Crippen LogP contribution >= 0.6 is 11.6 Å². The summed E-state index contributed by atoms with van der Waals surface area (Å²) < 4.78 is 38.9. The highest BCUT2D eigenvalue weighted by Gasteiger charge is 2.21. The number of hydrogen-bond acceptors (Lipinski definition) is 5. The van der Waals surface area contributed by atoms with Crippen molar-refractivity contribution in [2.75, 3.05) is 4.72 Å². The molecule has 0 aliphatic heterocycles. The normalized spacial score (nSPS) is 11.2. The Bertz CT molecular complexity index is 663. The van der Waals surface area contributed by atoms with Crippen molar-refractivity contribution in [1.82, 2.24) is 15.2 Å². The molecule has 0 radical (unpaired) electrons. The lowest BCUT2D eigenvalue weighted by atomic mass is 10.5. The number of halogens is 2. The predicted octanol–water partition coefficient (Wildman–Crippen LogP) is 1.46. The quantitative estimate of drug-likeness (QED) is 0.924. The summed E-state index contributed by atoms with van der Waals surface area (Å²) >= 11 is 5.50. The number of aromatic nitrogens is 3. The van der Waals surface area contributed by atoms with Crippen LogP contribution in [0.2, 0.25) is 5.15 Å². The molecule has 2 aromatic heterocycles. The van der Waals surface area contributed by atoms with Gasteiger partial charge in [-0.2, -0.15) is 8.42 Å². The van der Waals surface area contributed by atoms with Gasteiger partial charge in [0.2, 0.25) is 5.03 Å². The molecule has 2 aromatic rings. The molecule has 0 spiro atoms. The van der Waals surface area contributed by atoms with Crippen LogP contribution < -0.4 is 4.72 Å². The maximum absolute atomic E-state index is 13.3. The SMILES string of the molecule is O=S(=O)(Nc1ccc(Cl)nn1)c1ncccc1F. The van der Waals surface area contributed by atoms with Gasteiger partial charge in [0.1, 0.15) is 0 Å². The summed E-state index contributed by atoms with van der Waals surface area (Å²) in [5.41, 5.74) is 0. The predicted molar refractivity (Wildman–Crippen MR) is 62.0 cm³/mol. The van der Waals surface area contributed by atoms with Crippen molar-refractivity contribution in [2.24, 2.45) is 0 Å². The van der Waals surface area contributed by atoms with Crippen LogP contribution in [-0.4, -0.2) is 23.6 Å². The highest BCUT2D eigenvalue weighted by Crippen LogP contribution is 2.15. The molecule has 18 heavy (non-hydrogen) atoms. The van der Waals surface area contributed by atoms with Crippen LogP contribution in [0.3, 0.4) is 0 Å². The number of sulfonamides is 1. The molecule has 9 heteroatoms. The molecule has 0 atom stereocenters. The number of pyridine rings is 1. The van der Waals surface area contributed by atoms with Gasteiger partial charge in [-0.25, -0.2) is 9.37 Å². The zero-order chi connectivity index (χ0) is 13.2. The summed E-state index contributed by atoms with van der Waals surface area (Å²) in [6.45, 7) is 0. The van der Waals surface area contributed by atoms with Crippen LogP contribution in [0.4, 0.5) is 10.2 Å². The molecule has 2 rings (SSSR count). The van der Waals surface area contributed by atoms with Gasteiger partial charge in [-0.15, -0.1) is 10.2 Å². The van der Waals surface area contributed by atoms with Crippen LogP contribution in [0.5, 0.6) is 0 Å². The lowest BCUT2D eigenvalue weighted by Gasteiger charge is -2.06. The fourth-order valence-electron chi connectivity index (χ4n) is 1.13. The summed E-state index contributed by atoms with van der Waals surface area (Å²) in [5, 5.41) is 6.36. The third kappa shape index (κ3) is 2.71. The lowest BCUT2D eigenvalue weighted by Crippen LogP contribution is -2.17. The van der Waals surface area contributed by atoms with Gasteiger partial charge >= 0.3 is 0 Å². The first-order valence-electron chi connectivity index (χ1n) is 4.61. The molecule has 0 aliphatic carbocycles. The van der Waals surface area contributed by atoms with Crippen LogP contribution in [0.25, 0.3) is 0 Å². The second kappa shape index (κ2) is 4.83. The third-order valence-corrected chi connectivity index (χ3v) is 3.34. The summed E-state index contributed by atoms with van der Waals surface area (Å²) in [6, 6.07) is 4.93. The molecule has 0 aromatic carbocycles. The highest BCUT2D eigenvalue weighted by molar-refractivity contribution is 7.92. The van der Waals surface area contributed by atoms with E-state index in [1.165, 1.54) is 24.4 Å². The minimum atomic E-state index is -4.14. The first kappa shape index (κ1) is 12.7. The van der Waals surface area contributed by atoms with E-state index < -0.39 is 20.9 Å². The molecule has 0 amide bonds. The molecule has 0 saturated heterocycles. The van der Waals surface area contributed by atoms with E-state index in [9.17, 15) is 12.8 Å². The summed E-state index contributed by atoms with van der Waals surface area (Å²) in [5.74, 6) is -1.03. The standard InChI is InChI=1S/C9H6ClFN4O2S/c10-7-3-4-8(14-13-7)15-18(16,17)9-6(11)2-1-5-12-9/h1-5H,(H,14,15). The second-order valence-corrected chi connectivity index (χ2v) is 5.12. The average molecular weight is 289 g/mol. The average Bonchev–Trinajstić information content (AvgIpc) is 2.32. The van der Waals surface area contributed by atoms with Crippen LogP contribution in [0.1, 0.15) is 0 Å². The van der Waals surface area contributed by atoms with Gasteiger partial charge in [-0.05, 0) is 24.3 Å². The van der Waals surface area contributed by atoms with Crippen molar-refractivity contribution in [2.45, 2.75) is 5.03 Å². The Morgan fingerprint density at radius 2 is 2.00 bits per heavy atom. The van der Waals surface area contributed by atoms with E-state index in [-0.39, 0.29) is 11.0 Å². The topological polar surface area (TPSA) is 84.8 Å². The van der Waals surface area contributed by atoms with Crippen molar-refractivity contribution in [3.05, 3.63) is 41.4 Å². The van der Waals surface area contributed by atoms with Crippen molar-refractivity contribution in [3.63, 3.8) is 0 Å². The smallest absolute Gasteiger partial charge is 0.260 e. The largest absolute Gasteiger partial charge is 0.283 e. The first-order chi connectivity index (χ1) is 8.49. The maximum atomic E-state index is 13.3. The van der Waals surface area contributed by atoms with Gasteiger partial charge < -0.3 is 0 Å². The summed E-state index contributed by atoms with van der Waals surface area (Å²) in [4.78, 5) is 3.46. The van der Waals surface area contributed by atoms with Gasteiger partial charge in [0.15, 0.2) is 16.8 Å². The zero-order valence-electron chi connectivity index (χ0n) is 8.71. The van der Waals surface area contributed by atoms with Crippen molar-refractivity contribution < 1.29 is 12.8 Å². The third-order valence-electron chi connectivity index (χ3n) is 1.85. The number of anilines is 1. The van der Waals surface area contributed by atoms with Gasteiger partial charge in [-0.3, -0.25) is 4.72 Å². The first-order valence-corrected chi connectivity index (χ1v) is 6.48. The van der Waals surface area contributed by atoms with Gasteiger partial charge in [0.25, 0.3) is 10.0 Å². The Morgan fingerprint density at radius 1 is 1.22 bits per heavy atom.